The average molecular weight is 279 g/mol. The van der Waals surface area contributed by atoms with Crippen molar-refractivity contribution in [2.24, 2.45) is 0 Å². The molecule has 1 unspecified atom stereocenters. The van der Waals surface area contributed by atoms with E-state index in [0.717, 1.165) is 32.4 Å². The van der Waals surface area contributed by atoms with E-state index < -0.39 is 0 Å². The molecule has 0 aliphatic carbocycles. The summed E-state index contributed by atoms with van der Waals surface area (Å²) in [6.07, 6.45) is 3.25. The molecular weight excluding hydrogens is 250 g/mol. The van der Waals surface area contributed by atoms with E-state index in [9.17, 15) is 0 Å². The van der Waals surface area contributed by atoms with Gasteiger partial charge in [-0.1, -0.05) is 38.1 Å². The number of methoxy groups -OCH3 is 1. The van der Waals surface area contributed by atoms with Gasteiger partial charge in [0.15, 0.2) is 0 Å². The van der Waals surface area contributed by atoms with Crippen LogP contribution in [0.1, 0.15) is 31.4 Å². The zero-order chi connectivity index (χ0) is 14.6. The van der Waals surface area contributed by atoms with Gasteiger partial charge >= 0.3 is 0 Å². The van der Waals surface area contributed by atoms with Crippen LogP contribution in [-0.2, 0) is 22.3 Å². The molecule has 1 atom stereocenters. The minimum atomic E-state index is 0.374. The van der Waals surface area contributed by atoms with Gasteiger partial charge < -0.3 is 14.8 Å². The van der Waals surface area contributed by atoms with Crippen molar-refractivity contribution in [1.29, 1.82) is 0 Å². The van der Waals surface area contributed by atoms with E-state index >= 15 is 0 Å². The Hall–Kier alpha value is -0.900. The molecule has 114 valence electrons. The summed E-state index contributed by atoms with van der Waals surface area (Å²) >= 11 is 0. The third-order valence-electron chi connectivity index (χ3n) is 3.35. The number of ether oxygens (including phenoxy) is 2. The molecule has 0 radical (unpaired) electrons. The van der Waals surface area contributed by atoms with Gasteiger partial charge in [0.2, 0.25) is 0 Å². The van der Waals surface area contributed by atoms with Crippen molar-refractivity contribution in [2.75, 3.05) is 33.5 Å². The van der Waals surface area contributed by atoms with Gasteiger partial charge in [-0.15, -0.1) is 0 Å². The smallest absolute Gasteiger partial charge is 0.0701 e. The van der Waals surface area contributed by atoms with Gasteiger partial charge in [0, 0.05) is 13.2 Å². The van der Waals surface area contributed by atoms with E-state index in [0.29, 0.717) is 19.3 Å². The highest BCUT2D eigenvalue weighted by atomic mass is 16.5. The second kappa shape index (κ2) is 10.8. The molecule has 0 heterocycles. The van der Waals surface area contributed by atoms with Gasteiger partial charge in [0.05, 0.1) is 19.8 Å². The summed E-state index contributed by atoms with van der Waals surface area (Å²) in [6, 6.07) is 9.28. The maximum Gasteiger partial charge on any atom is 0.0701 e. The van der Waals surface area contributed by atoms with Gasteiger partial charge in [0.25, 0.3) is 0 Å². The van der Waals surface area contributed by atoms with Crippen LogP contribution in [0.3, 0.4) is 0 Å². The summed E-state index contributed by atoms with van der Waals surface area (Å²) in [5, 5.41) is 3.56. The molecular formula is C17H29NO2. The Morgan fingerprint density at radius 1 is 1.05 bits per heavy atom. The Balaban J connectivity index is 2.44. The molecule has 0 saturated carbocycles. The zero-order valence-corrected chi connectivity index (χ0v) is 13.2. The van der Waals surface area contributed by atoms with Gasteiger partial charge in [-0.25, -0.2) is 0 Å². The largest absolute Gasteiger partial charge is 0.382 e. The highest BCUT2D eigenvalue weighted by Crippen LogP contribution is 2.08. The molecule has 3 nitrogen and oxygen atoms in total. The van der Waals surface area contributed by atoms with Crippen LogP contribution < -0.4 is 5.32 Å². The first-order valence-corrected chi connectivity index (χ1v) is 7.68. The average Bonchev–Trinajstić information content (AvgIpc) is 2.49. The fourth-order valence-electron chi connectivity index (χ4n) is 2.10. The third-order valence-corrected chi connectivity index (χ3v) is 3.35. The minimum absolute atomic E-state index is 0.374. The Morgan fingerprint density at radius 2 is 1.75 bits per heavy atom. The lowest BCUT2D eigenvalue weighted by molar-refractivity contribution is 0.0587. The molecule has 0 spiro atoms. The number of hydrogen-bond acceptors (Lipinski definition) is 3. The summed E-state index contributed by atoms with van der Waals surface area (Å²) in [4.78, 5) is 0. The molecule has 0 amide bonds. The van der Waals surface area contributed by atoms with E-state index in [4.69, 9.17) is 9.47 Å². The Bertz CT molecular complexity index is 337. The highest BCUT2D eigenvalue weighted by Gasteiger charge is 2.09. The van der Waals surface area contributed by atoms with Gasteiger partial charge in [-0.2, -0.15) is 0 Å². The summed E-state index contributed by atoms with van der Waals surface area (Å²) in [7, 11) is 1.70. The summed E-state index contributed by atoms with van der Waals surface area (Å²) in [6.45, 7) is 7.46. The lowest BCUT2D eigenvalue weighted by Crippen LogP contribution is -2.36. The first-order valence-electron chi connectivity index (χ1n) is 7.68. The predicted molar refractivity (Wildman–Crippen MR) is 84.3 cm³/mol. The van der Waals surface area contributed by atoms with Crippen LogP contribution in [-0.4, -0.2) is 39.5 Å². The maximum atomic E-state index is 5.66. The van der Waals surface area contributed by atoms with Crippen molar-refractivity contribution in [3.8, 4) is 0 Å². The molecule has 3 heteroatoms. The number of benzene rings is 1. The SMILES string of the molecule is CCCNC(COCCOC)Cc1ccc(CC)cc1. The second-order valence-electron chi connectivity index (χ2n) is 5.09. The number of rotatable bonds is 11. The van der Waals surface area contributed by atoms with Crippen LogP contribution in [0, 0.1) is 0 Å². The fourth-order valence-corrected chi connectivity index (χ4v) is 2.10. The molecule has 1 aromatic carbocycles. The molecule has 0 saturated heterocycles. The quantitative estimate of drug-likeness (QED) is 0.632. The molecule has 1 aromatic rings. The van der Waals surface area contributed by atoms with E-state index in [1.807, 2.05) is 0 Å². The summed E-state index contributed by atoms with van der Waals surface area (Å²) in [5.41, 5.74) is 2.76. The molecule has 20 heavy (non-hydrogen) atoms. The van der Waals surface area contributed by atoms with Gasteiger partial charge in [-0.05, 0) is 36.9 Å². The highest BCUT2D eigenvalue weighted by molar-refractivity contribution is 5.23. The summed E-state index contributed by atoms with van der Waals surface area (Å²) < 4.78 is 10.7. The molecule has 1 rings (SSSR count). The normalized spacial score (nSPS) is 12.6. The molecule has 0 bridgehead atoms. The van der Waals surface area contributed by atoms with Crippen LogP contribution >= 0.6 is 0 Å². The van der Waals surface area contributed by atoms with Gasteiger partial charge in [0.1, 0.15) is 0 Å². The van der Waals surface area contributed by atoms with E-state index in [-0.39, 0.29) is 0 Å². The standard InChI is InChI=1S/C17H29NO2/c1-4-10-18-17(14-20-12-11-19-3)13-16-8-6-15(5-2)7-9-16/h6-9,17-18H,4-5,10-14H2,1-3H3. The van der Waals surface area contributed by atoms with E-state index in [2.05, 4.69) is 43.4 Å². The van der Waals surface area contributed by atoms with Crippen molar-refractivity contribution in [3.05, 3.63) is 35.4 Å². The molecule has 0 fully saturated rings. The van der Waals surface area contributed by atoms with Crippen LogP contribution in [0.15, 0.2) is 24.3 Å². The second-order valence-corrected chi connectivity index (χ2v) is 5.09. The van der Waals surface area contributed by atoms with Crippen molar-refractivity contribution >= 4 is 0 Å². The Labute approximate surface area is 123 Å². The van der Waals surface area contributed by atoms with E-state index in [1.54, 1.807) is 7.11 Å². The summed E-state index contributed by atoms with van der Waals surface area (Å²) in [5.74, 6) is 0. The molecule has 0 aliphatic heterocycles. The van der Waals surface area contributed by atoms with Crippen LogP contribution in [0.5, 0.6) is 0 Å². The Kier molecular flexibility index (Phi) is 9.29. The first kappa shape index (κ1) is 17.2. The molecule has 0 aromatic heterocycles. The number of nitrogens with one attached hydrogen (secondary N) is 1. The van der Waals surface area contributed by atoms with Crippen molar-refractivity contribution in [2.45, 2.75) is 39.2 Å². The Morgan fingerprint density at radius 3 is 2.35 bits per heavy atom. The third kappa shape index (κ3) is 7.04. The monoisotopic (exact) mass is 279 g/mol. The van der Waals surface area contributed by atoms with Crippen LogP contribution in [0.4, 0.5) is 0 Å². The number of hydrogen-bond donors (Lipinski definition) is 1. The first-order chi connectivity index (χ1) is 9.80. The molecule has 1 N–H and O–H groups in total. The van der Waals surface area contributed by atoms with Crippen molar-refractivity contribution in [3.63, 3.8) is 0 Å². The number of aryl methyl sites for hydroxylation is 1. The van der Waals surface area contributed by atoms with Gasteiger partial charge in [-0.3, -0.25) is 0 Å². The van der Waals surface area contributed by atoms with Crippen LogP contribution in [0.25, 0.3) is 0 Å². The lowest BCUT2D eigenvalue weighted by atomic mass is 10.0. The minimum Gasteiger partial charge on any atom is -0.382 e. The van der Waals surface area contributed by atoms with E-state index in [1.165, 1.54) is 11.1 Å². The topological polar surface area (TPSA) is 30.5 Å². The zero-order valence-electron chi connectivity index (χ0n) is 13.2. The predicted octanol–water partition coefficient (Wildman–Crippen LogP) is 2.82. The molecule has 0 aliphatic rings. The lowest BCUT2D eigenvalue weighted by Gasteiger charge is -2.19. The van der Waals surface area contributed by atoms with Crippen molar-refractivity contribution in [1.82, 2.24) is 5.32 Å². The maximum absolute atomic E-state index is 5.66. The fraction of sp³-hybridized carbons (Fsp3) is 0.647. The van der Waals surface area contributed by atoms with Crippen molar-refractivity contribution < 1.29 is 9.47 Å². The van der Waals surface area contributed by atoms with Crippen LogP contribution in [0.2, 0.25) is 0 Å².